The van der Waals surface area contributed by atoms with Crippen LogP contribution in [0, 0.1) is 0 Å². The molecule has 0 aromatic rings. The molecule has 0 aliphatic carbocycles. The molecule has 12 heavy (non-hydrogen) atoms. The van der Waals surface area contributed by atoms with Gasteiger partial charge in [0.15, 0.2) is 0 Å². The molecule has 2 nitrogen and oxygen atoms in total. The first-order valence-corrected chi connectivity index (χ1v) is 6.08. The molecular weight excluding hydrogens is 168 g/mol. The van der Waals surface area contributed by atoms with Gasteiger partial charge in [0, 0.05) is 12.3 Å². The highest BCUT2D eigenvalue weighted by molar-refractivity contribution is 7.98. The first kappa shape index (κ1) is 12.3. The van der Waals surface area contributed by atoms with E-state index >= 15 is 0 Å². The molecular formula is C9H22N2S. The fourth-order valence-electron chi connectivity index (χ4n) is 1.06. The lowest BCUT2D eigenvalue weighted by atomic mass is 10.2. The van der Waals surface area contributed by atoms with Crippen molar-refractivity contribution in [2.24, 2.45) is 5.73 Å². The Kier molecular flexibility index (Phi) is 9.57. The lowest BCUT2D eigenvalue weighted by molar-refractivity contribution is 0.345. The van der Waals surface area contributed by atoms with E-state index in [0.717, 1.165) is 6.54 Å². The van der Waals surface area contributed by atoms with Crippen LogP contribution in [0.15, 0.2) is 0 Å². The van der Waals surface area contributed by atoms with Gasteiger partial charge in [-0.3, -0.25) is 0 Å². The van der Waals surface area contributed by atoms with Crippen molar-refractivity contribution in [2.45, 2.75) is 19.3 Å². The second kappa shape index (κ2) is 9.36. The van der Waals surface area contributed by atoms with E-state index in [0.29, 0.717) is 0 Å². The Morgan fingerprint density at radius 3 is 2.50 bits per heavy atom. The lowest BCUT2D eigenvalue weighted by Gasteiger charge is -2.15. The second-order valence-corrected chi connectivity index (χ2v) is 4.13. The van der Waals surface area contributed by atoms with Gasteiger partial charge in [-0.1, -0.05) is 6.42 Å². The van der Waals surface area contributed by atoms with Crippen molar-refractivity contribution in [1.29, 1.82) is 0 Å². The zero-order valence-electron chi connectivity index (χ0n) is 8.38. The third-order valence-corrected chi connectivity index (χ3v) is 2.51. The van der Waals surface area contributed by atoms with Crippen molar-refractivity contribution in [2.75, 3.05) is 38.7 Å². The van der Waals surface area contributed by atoms with Gasteiger partial charge >= 0.3 is 0 Å². The first-order chi connectivity index (χ1) is 5.81. The highest BCUT2D eigenvalue weighted by Crippen LogP contribution is 1.98. The molecule has 0 rings (SSSR count). The van der Waals surface area contributed by atoms with Gasteiger partial charge in [-0.05, 0) is 39.2 Å². The summed E-state index contributed by atoms with van der Waals surface area (Å²) >= 11 is 1.91. The van der Waals surface area contributed by atoms with Crippen LogP contribution in [0.25, 0.3) is 0 Å². The van der Waals surface area contributed by atoms with Gasteiger partial charge < -0.3 is 10.6 Å². The van der Waals surface area contributed by atoms with E-state index < -0.39 is 0 Å². The van der Waals surface area contributed by atoms with Crippen LogP contribution >= 0.6 is 11.8 Å². The molecule has 0 heterocycles. The van der Waals surface area contributed by atoms with Crippen molar-refractivity contribution < 1.29 is 0 Å². The Morgan fingerprint density at radius 1 is 1.17 bits per heavy atom. The topological polar surface area (TPSA) is 29.3 Å². The standard InChI is InChI=1S/C9H22N2S/c1-11(8-9-12-2)7-5-3-4-6-10/h3-10H2,1-2H3. The van der Waals surface area contributed by atoms with E-state index in [2.05, 4.69) is 18.2 Å². The number of thioether (sulfide) groups is 1. The summed E-state index contributed by atoms with van der Waals surface area (Å²) in [5, 5.41) is 0. The van der Waals surface area contributed by atoms with Gasteiger partial charge in [0.2, 0.25) is 0 Å². The van der Waals surface area contributed by atoms with Crippen molar-refractivity contribution in [3.05, 3.63) is 0 Å². The molecule has 74 valence electrons. The van der Waals surface area contributed by atoms with Gasteiger partial charge in [-0.2, -0.15) is 11.8 Å². The molecule has 0 fully saturated rings. The molecule has 0 spiro atoms. The van der Waals surface area contributed by atoms with Gasteiger partial charge in [-0.25, -0.2) is 0 Å². The monoisotopic (exact) mass is 190 g/mol. The highest BCUT2D eigenvalue weighted by atomic mass is 32.2. The van der Waals surface area contributed by atoms with Crippen LogP contribution in [-0.4, -0.2) is 43.6 Å². The quantitative estimate of drug-likeness (QED) is 0.587. The smallest absolute Gasteiger partial charge is 0.00692 e. The Hall–Kier alpha value is 0.270. The Labute approximate surface area is 80.9 Å². The molecule has 0 amide bonds. The summed E-state index contributed by atoms with van der Waals surface area (Å²) in [6, 6.07) is 0. The molecule has 0 aliphatic rings. The van der Waals surface area contributed by atoms with Crippen LogP contribution in [0.2, 0.25) is 0 Å². The van der Waals surface area contributed by atoms with E-state index in [4.69, 9.17) is 5.73 Å². The molecule has 0 aromatic heterocycles. The second-order valence-electron chi connectivity index (χ2n) is 3.15. The van der Waals surface area contributed by atoms with Gasteiger partial charge in [0.1, 0.15) is 0 Å². The van der Waals surface area contributed by atoms with Crippen LogP contribution in [0.3, 0.4) is 0 Å². The minimum Gasteiger partial charge on any atom is -0.330 e. The fourth-order valence-corrected chi connectivity index (χ4v) is 1.56. The summed E-state index contributed by atoms with van der Waals surface area (Å²) in [4.78, 5) is 2.40. The summed E-state index contributed by atoms with van der Waals surface area (Å²) in [5.74, 6) is 1.24. The minimum absolute atomic E-state index is 0.842. The summed E-state index contributed by atoms with van der Waals surface area (Å²) < 4.78 is 0. The average molecular weight is 190 g/mol. The number of nitrogens with zero attached hydrogens (tertiary/aromatic N) is 1. The summed E-state index contributed by atoms with van der Waals surface area (Å²) in [6.45, 7) is 3.28. The average Bonchev–Trinajstić information content (AvgIpc) is 2.09. The summed E-state index contributed by atoms with van der Waals surface area (Å²) in [5.41, 5.74) is 5.41. The molecule has 0 atom stereocenters. The van der Waals surface area contributed by atoms with Crippen LogP contribution in [0.1, 0.15) is 19.3 Å². The maximum Gasteiger partial charge on any atom is 0.00692 e. The minimum atomic E-state index is 0.842. The maximum absolute atomic E-state index is 5.41. The summed E-state index contributed by atoms with van der Waals surface area (Å²) in [7, 11) is 2.19. The number of unbranched alkanes of at least 4 members (excludes halogenated alkanes) is 2. The van der Waals surface area contributed by atoms with E-state index in [1.165, 1.54) is 38.1 Å². The largest absolute Gasteiger partial charge is 0.330 e. The van der Waals surface area contributed by atoms with Crippen molar-refractivity contribution in [1.82, 2.24) is 4.90 Å². The molecule has 3 heteroatoms. The maximum atomic E-state index is 5.41. The molecule has 0 aromatic carbocycles. The molecule has 0 aliphatic heterocycles. The predicted octanol–water partition coefficient (Wildman–Crippen LogP) is 1.41. The fraction of sp³-hybridized carbons (Fsp3) is 1.00. The molecule has 0 saturated carbocycles. The van der Waals surface area contributed by atoms with E-state index in [1.807, 2.05) is 11.8 Å². The number of nitrogens with two attached hydrogens (primary N) is 1. The molecule has 2 N–H and O–H groups in total. The van der Waals surface area contributed by atoms with E-state index in [1.54, 1.807) is 0 Å². The Bertz CT molecular complexity index is 88.6. The SMILES string of the molecule is CSCCN(C)CCCCCN. The highest BCUT2D eigenvalue weighted by Gasteiger charge is 1.96. The molecule has 0 radical (unpaired) electrons. The normalized spacial score (nSPS) is 11.0. The van der Waals surface area contributed by atoms with Crippen LogP contribution in [0.5, 0.6) is 0 Å². The van der Waals surface area contributed by atoms with Gasteiger partial charge in [-0.15, -0.1) is 0 Å². The summed E-state index contributed by atoms with van der Waals surface area (Å²) in [6.07, 6.45) is 5.90. The lowest BCUT2D eigenvalue weighted by Crippen LogP contribution is -2.22. The number of rotatable bonds is 8. The van der Waals surface area contributed by atoms with E-state index in [9.17, 15) is 0 Å². The van der Waals surface area contributed by atoms with Crippen LogP contribution in [-0.2, 0) is 0 Å². The van der Waals surface area contributed by atoms with Crippen LogP contribution in [0.4, 0.5) is 0 Å². The van der Waals surface area contributed by atoms with Crippen molar-refractivity contribution >= 4 is 11.8 Å². The molecule has 0 unspecified atom stereocenters. The molecule has 0 bridgehead atoms. The van der Waals surface area contributed by atoms with Crippen LogP contribution < -0.4 is 5.73 Å². The third-order valence-electron chi connectivity index (χ3n) is 1.92. The Morgan fingerprint density at radius 2 is 1.92 bits per heavy atom. The van der Waals surface area contributed by atoms with E-state index in [-0.39, 0.29) is 0 Å². The zero-order chi connectivity index (χ0) is 9.23. The Balaban J connectivity index is 3.02. The molecule has 0 saturated heterocycles. The first-order valence-electron chi connectivity index (χ1n) is 4.68. The van der Waals surface area contributed by atoms with Gasteiger partial charge in [0.05, 0.1) is 0 Å². The number of hydrogen-bond donors (Lipinski definition) is 1. The number of hydrogen-bond acceptors (Lipinski definition) is 3. The predicted molar refractivity (Wildman–Crippen MR) is 58.8 cm³/mol. The van der Waals surface area contributed by atoms with Crippen molar-refractivity contribution in [3.63, 3.8) is 0 Å². The zero-order valence-corrected chi connectivity index (χ0v) is 9.20. The van der Waals surface area contributed by atoms with Gasteiger partial charge in [0.25, 0.3) is 0 Å². The third kappa shape index (κ3) is 8.37. The van der Waals surface area contributed by atoms with Crippen molar-refractivity contribution in [3.8, 4) is 0 Å².